The Morgan fingerprint density at radius 2 is 2.10 bits per heavy atom. The first-order chi connectivity index (χ1) is 4.66. The highest BCUT2D eigenvalue weighted by Gasteiger charge is 2.04. The Bertz CT molecular complexity index is 76.0. The van der Waals surface area contributed by atoms with E-state index < -0.39 is 0 Å². The molecule has 0 radical (unpaired) electrons. The van der Waals surface area contributed by atoms with Crippen LogP contribution in [-0.2, 0) is 4.74 Å². The topological polar surface area (TPSA) is 55.5 Å². The molecule has 0 aromatic rings. The molecular formula is C7H17NO2. The lowest BCUT2D eigenvalue weighted by Gasteiger charge is -2.13. The van der Waals surface area contributed by atoms with Crippen molar-refractivity contribution in [3.05, 3.63) is 0 Å². The normalized spacial score (nSPS) is 16.8. The maximum absolute atomic E-state index is 8.91. The van der Waals surface area contributed by atoms with Gasteiger partial charge in [-0.05, 0) is 20.3 Å². The van der Waals surface area contributed by atoms with Crippen LogP contribution in [0.25, 0.3) is 0 Å². The molecule has 0 bridgehead atoms. The van der Waals surface area contributed by atoms with Gasteiger partial charge in [-0.1, -0.05) is 0 Å². The van der Waals surface area contributed by atoms with Gasteiger partial charge in [0.1, 0.15) is 0 Å². The minimum atomic E-state index is -0.284. The fourth-order valence-electron chi connectivity index (χ4n) is 0.818. The van der Waals surface area contributed by atoms with Gasteiger partial charge in [-0.2, -0.15) is 0 Å². The summed E-state index contributed by atoms with van der Waals surface area (Å²) in [7, 11) is 0. The van der Waals surface area contributed by atoms with Crippen LogP contribution in [-0.4, -0.2) is 30.5 Å². The fourth-order valence-corrected chi connectivity index (χ4v) is 0.818. The number of aliphatic hydroxyl groups excluding tert-OH is 1. The van der Waals surface area contributed by atoms with Crippen molar-refractivity contribution in [2.45, 2.75) is 32.5 Å². The smallest absolute Gasteiger partial charge is 0.0592 e. The third-order valence-electron chi connectivity index (χ3n) is 1.19. The molecule has 0 aromatic heterocycles. The maximum atomic E-state index is 8.91. The summed E-state index contributed by atoms with van der Waals surface area (Å²) in [4.78, 5) is 0. The van der Waals surface area contributed by atoms with Gasteiger partial charge in [0.05, 0.1) is 18.8 Å². The summed E-state index contributed by atoms with van der Waals surface area (Å²) in [5, 5.41) is 8.91. The molecule has 0 aliphatic rings. The third kappa shape index (κ3) is 6.01. The molecule has 0 aliphatic carbocycles. The molecule has 0 heterocycles. The van der Waals surface area contributed by atoms with Crippen molar-refractivity contribution in [3.8, 4) is 0 Å². The Balaban J connectivity index is 3.16. The zero-order valence-corrected chi connectivity index (χ0v) is 6.71. The fraction of sp³-hybridized carbons (Fsp3) is 1.00. The van der Waals surface area contributed by atoms with Crippen LogP contribution in [0.3, 0.4) is 0 Å². The molecule has 0 aromatic carbocycles. The lowest BCUT2D eigenvalue weighted by Crippen LogP contribution is -2.19. The second-order valence-electron chi connectivity index (χ2n) is 2.55. The summed E-state index contributed by atoms with van der Waals surface area (Å²) in [6.07, 6.45) is 0.510. The van der Waals surface area contributed by atoms with Crippen LogP contribution in [0.4, 0.5) is 0 Å². The van der Waals surface area contributed by atoms with Crippen LogP contribution in [0.1, 0.15) is 20.3 Å². The molecule has 62 valence electrons. The van der Waals surface area contributed by atoms with E-state index in [1.807, 2.05) is 6.92 Å². The minimum absolute atomic E-state index is 0.114. The second-order valence-corrected chi connectivity index (χ2v) is 2.55. The largest absolute Gasteiger partial charge is 0.393 e. The van der Waals surface area contributed by atoms with Crippen molar-refractivity contribution in [1.82, 2.24) is 0 Å². The summed E-state index contributed by atoms with van der Waals surface area (Å²) < 4.78 is 5.22. The quantitative estimate of drug-likeness (QED) is 0.580. The van der Waals surface area contributed by atoms with E-state index in [0.717, 1.165) is 0 Å². The highest BCUT2D eigenvalue weighted by molar-refractivity contribution is 4.55. The first-order valence-corrected chi connectivity index (χ1v) is 3.66. The zero-order valence-electron chi connectivity index (χ0n) is 6.71. The van der Waals surface area contributed by atoms with Crippen molar-refractivity contribution < 1.29 is 9.84 Å². The van der Waals surface area contributed by atoms with Gasteiger partial charge in [-0.15, -0.1) is 0 Å². The average molecular weight is 147 g/mol. The summed E-state index contributed by atoms with van der Waals surface area (Å²) in [5.41, 5.74) is 5.22. The monoisotopic (exact) mass is 147 g/mol. The van der Waals surface area contributed by atoms with Gasteiger partial charge in [0.15, 0.2) is 0 Å². The molecule has 0 aliphatic heterocycles. The van der Waals surface area contributed by atoms with Gasteiger partial charge in [0.25, 0.3) is 0 Å². The molecule has 2 unspecified atom stereocenters. The molecule has 0 rings (SSSR count). The first-order valence-electron chi connectivity index (χ1n) is 3.66. The molecule has 0 amide bonds. The van der Waals surface area contributed by atoms with Gasteiger partial charge in [-0.25, -0.2) is 0 Å². The predicted octanol–water partition coefficient (Wildman–Crippen LogP) is 0.121. The lowest BCUT2D eigenvalue weighted by molar-refractivity contribution is 0.0334. The molecule has 0 spiro atoms. The number of ether oxygens (including phenoxy) is 1. The van der Waals surface area contributed by atoms with Gasteiger partial charge >= 0.3 is 0 Å². The second kappa shape index (κ2) is 5.65. The standard InChI is InChI=1S/C7H17NO2/c1-6(9)5-7(2)10-4-3-8/h6-7,9H,3-5,8H2,1-2H3. The van der Waals surface area contributed by atoms with E-state index in [1.165, 1.54) is 0 Å². The van der Waals surface area contributed by atoms with E-state index in [4.69, 9.17) is 15.6 Å². The number of nitrogens with two attached hydrogens (primary N) is 1. The molecule has 0 fully saturated rings. The van der Waals surface area contributed by atoms with Crippen LogP contribution in [0.15, 0.2) is 0 Å². The zero-order chi connectivity index (χ0) is 7.98. The Labute approximate surface area is 62.2 Å². The summed E-state index contributed by atoms with van der Waals surface area (Å²) in [6.45, 7) is 4.81. The molecule has 3 N–H and O–H groups in total. The van der Waals surface area contributed by atoms with Crippen LogP contribution < -0.4 is 5.73 Å². The molecule has 0 saturated heterocycles. The van der Waals surface area contributed by atoms with Gasteiger partial charge in [-0.3, -0.25) is 0 Å². The lowest BCUT2D eigenvalue weighted by atomic mass is 10.2. The van der Waals surface area contributed by atoms with Crippen molar-refractivity contribution in [2.75, 3.05) is 13.2 Å². The number of hydrogen-bond donors (Lipinski definition) is 2. The highest BCUT2D eigenvalue weighted by Crippen LogP contribution is 2.00. The van der Waals surface area contributed by atoms with E-state index in [2.05, 4.69) is 0 Å². The molecule has 3 nitrogen and oxygen atoms in total. The SMILES string of the molecule is CC(O)CC(C)OCCN. The molecule has 10 heavy (non-hydrogen) atoms. The van der Waals surface area contributed by atoms with Gasteiger partial charge < -0.3 is 15.6 Å². The van der Waals surface area contributed by atoms with Gasteiger partial charge in [0.2, 0.25) is 0 Å². The molecule has 0 saturated carbocycles. The van der Waals surface area contributed by atoms with Crippen molar-refractivity contribution in [2.24, 2.45) is 5.73 Å². The predicted molar refractivity (Wildman–Crippen MR) is 40.8 cm³/mol. The Morgan fingerprint density at radius 1 is 1.50 bits per heavy atom. The average Bonchev–Trinajstić information content (AvgIpc) is 1.82. The van der Waals surface area contributed by atoms with Gasteiger partial charge in [0, 0.05) is 6.54 Å². The van der Waals surface area contributed by atoms with Crippen molar-refractivity contribution in [1.29, 1.82) is 0 Å². The maximum Gasteiger partial charge on any atom is 0.0592 e. The summed E-state index contributed by atoms with van der Waals surface area (Å²) >= 11 is 0. The third-order valence-corrected chi connectivity index (χ3v) is 1.19. The van der Waals surface area contributed by atoms with E-state index in [1.54, 1.807) is 6.92 Å². The van der Waals surface area contributed by atoms with E-state index >= 15 is 0 Å². The number of hydrogen-bond acceptors (Lipinski definition) is 3. The Morgan fingerprint density at radius 3 is 2.50 bits per heavy atom. The number of rotatable bonds is 5. The van der Waals surface area contributed by atoms with Crippen molar-refractivity contribution in [3.63, 3.8) is 0 Å². The van der Waals surface area contributed by atoms with Crippen LogP contribution in [0.2, 0.25) is 0 Å². The molecule has 2 atom stereocenters. The molecular weight excluding hydrogens is 130 g/mol. The van der Waals surface area contributed by atoms with E-state index in [0.29, 0.717) is 19.6 Å². The minimum Gasteiger partial charge on any atom is -0.393 e. The highest BCUT2D eigenvalue weighted by atomic mass is 16.5. The summed E-state index contributed by atoms with van der Waals surface area (Å²) in [5.74, 6) is 0. The Hall–Kier alpha value is -0.120. The van der Waals surface area contributed by atoms with E-state index in [-0.39, 0.29) is 12.2 Å². The van der Waals surface area contributed by atoms with Crippen LogP contribution in [0, 0.1) is 0 Å². The molecule has 3 heteroatoms. The number of aliphatic hydroxyl groups is 1. The Kier molecular flexibility index (Phi) is 5.58. The van der Waals surface area contributed by atoms with Crippen LogP contribution in [0.5, 0.6) is 0 Å². The summed E-state index contributed by atoms with van der Waals surface area (Å²) in [6, 6.07) is 0. The van der Waals surface area contributed by atoms with Crippen molar-refractivity contribution >= 4 is 0 Å². The van der Waals surface area contributed by atoms with E-state index in [9.17, 15) is 0 Å². The first kappa shape index (κ1) is 9.88. The van der Waals surface area contributed by atoms with Crippen LogP contribution >= 0.6 is 0 Å².